The first-order chi connectivity index (χ1) is 3.50. The van der Waals surface area contributed by atoms with Gasteiger partial charge in [-0.2, -0.15) is 6.08 Å². The van der Waals surface area contributed by atoms with Crippen molar-refractivity contribution < 1.29 is 21.9 Å². The van der Waals surface area contributed by atoms with E-state index in [0.717, 1.165) is 6.42 Å². The molecule has 0 N–H and O–H groups in total. The summed E-state index contributed by atoms with van der Waals surface area (Å²) in [5.74, 6) is 0. The molecule has 0 spiro atoms. The zero-order valence-corrected chi connectivity index (χ0v) is 5.51. The van der Waals surface area contributed by atoms with E-state index in [-0.39, 0.29) is 17.1 Å². The molecule has 0 aromatic rings. The van der Waals surface area contributed by atoms with Crippen molar-refractivity contribution in [3.8, 4) is 0 Å². The quantitative estimate of drug-likeness (QED) is 0.374. The third-order valence-electron chi connectivity index (χ3n) is 0.586. The topological polar surface area (TPSA) is 17.1 Å². The van der Waals surface area contributed by atoms with Crippen molar-refractivity contribution in [2.75, 3.05) is 0 Å². The van der Waals surface area contributed by atoms with Crippen LogP contribution in [0, 0.1) is 6.08 Å². The normalized spacial score (nSPS) is 11.5. The molecular weight excluding hydrogens is 144 g/mol. The van der Waals surface area contributed by atoms with Crippen molar-refractivity contribution in [1.82, 2.24) is 0 Å². The van der Waals surface area contributed by atoms with Crippen LogP contribution in [0.3, 0.4) is 0 Å². The summed E-state index contributed by atoms with van der Waals surface area (Å²) in [7, 11) is 0. The molecule has 1 aliphatic carbocycles. The van der Waals surface area contributed by atoms with Crippen molar-refractivity contribution in [1.29, 1.82) is 0 Å². The van der Waals surface area contributed by atoms with Gasteiger partial charge in [-0.25, -0.2) is 12.2 Å². The summed E-state index contributed by atoms with van der Waals surface area (Å²) in [5.41, 5.74) is 0. The van der Waals surface area contributed by atoms with E-state index >= 15 is 0 Å². The Labute approximate surface area is 59.9 Å². The summed E-state index contributed by atoms with van der Waals surface area (Å²) in [4.78, 5) is 8.00. The van der Waals surface area contributed by atoms with Gasteiger partial charge in [-0.05, 0) is 0 Å². The number of hydrogen-bond acceptors (Lipinski definition) is 1. The van der Waals surface area contributed by atoms with E-state index in [9.17, 15) is 0 Å². The zero-order valence-electron chi connectivity index (χ0n) is 4.41. The molecule has 0 aromatic heterocycles. The fourth-order valence-electron chi connectivity index (χ4n) is 0.340. The summed E-state index contributed by atoms with van der Waals surface area (Å²) in [6, 6.07) is 0. The molecular formula is C6H7FeO-. The predicted molar refractivity (Wildman–Crippen MR) is 28.7 cm³/mol. The van der Waals surface area contributed by atoms with Crippen LogP contribution in [0.1, 0.15) is 6.42 Å². The number of allylic oxidation sites excluding steroid dienone is 4. The van der Waals surface area contributed by atoms with Crippen LogP contribution in [0.15, 0.2) is 18.2 Å². The average molecular weight is 151 g/mol. The predicted octanol–water partition coefficient (Wildman–Crippen LogP) is 1.12. The second kappa shape index (κ2) is 9.83. The van der Waals surface area contributed by atoms with E-state index in [2.05, 4.69) is 12.2 Å². The molecule has 1 rings (SSSR count). The minimum atomic E-state index is 0. The summed E-state index contributed by atoms with van der Waals surface area (Å²) < 4.78 is 0. The van der Waals surface area contributed by atoms with E-state index in [1.54, 1.807) is 0 Å². The van der Waals surface area contributed by atoms with E-state index in [4.69, 9.17) is 4.79 Å². The van der Waals surface area contributed by atoms with Crippen molar-refractivity contribution in [3.05, 3.63) is 24.3 Å². The molecule has 0 aromatic carbocycles. The monoisotopic (exact) mass is 151 g/mol. The second-order valence-electron chi connectivity index (χ2n) is 1.00. The zero-order chi connectivity index (χ0) is 5.54. The molecule has 8 heavy (non-hydrogen) atoms. The first-order valence-corrected chi connectivity index (χ1v) is 2.01. The Balaban J connectivity index is 0. The third-order valence-corrected chi connectivity index (χ3v) is 0.586. The number of carbonyl (C=O) groups excluding carboxylic acids is 1. The molecule has 0 radical (unpaired) electrons. The standard InChI is InChI=1S/C5H5.CH2O.Fe/c1-2-4-5-3-1;1-2;/h1-3H,4H2;1H2;/q-1;;. The molecule has 0 amide bonds. The van der Waals surface area contributed by atoms with Gasteiger partial charge < -0.3 is 4.79 Å². The van der Waals surface area contributed by atoms with Crippen molar-refractivity contribution >= 4 is 6.79 Å². The molecule has 0 saturated carbocycles. The van der Waals surface area contributed by atoms with Crippen LogP contribution in [0.2, 0.25) is 0 Å². The van der Waals surface area contributed by atoms with Crippen LogP contribution in [-0.2, 0) is 21.9 Å². The average Bonchev–Trinajstić information content (AvgIpc) is 2.23. The van der Waals surface area contributed by atoms with Gasteiger partial charge in [0.25, 0.3) is 0 Å². The fraction of sp³-hybridized carbons (Fsp3) is 0.167. The Morgan fingerprint density at radius 3 is 2.25 bits per heavy atom. The largest absolute Gasteiger partial charge is 0.307 e. The molecule has 1 aliphatic rings. The molecule has 0 atom stereocenters. The SMILES string of the molecule is C=O.[C-]1=CC=CC1.[Fe]. The maximum Gasteiger partial charge on any atom is 0.106 e. The van der Waals surface area contributed by atoms with Gasteiger partial charge in [0, 0.05) is 17.1 Å². The first-order valence-electron chi connectivity index (χ1n) is 2.01. The molecule has 0 heterocycles. The van der Waals surface area contributed by atoms with E-state index in [1.807, 2.05) is 18.9 Å². The van der Waals surface area contributed by atoms with E-state index in [1.165, 1.54) is 0 Å². The van der Waals surface area contributed by atoms with Crippen molar-refractivity contribution in [2.24, 2.45) is 0 Å². The third kappa shape index (κ3) is 5.67. The number of rotatable bonds is 0. The summed E-state index contributed by atoms with van der Waals surface area (Å²) in [6.45, 7) is 2.00. The first kappa shape index (κ1) is 10.6. The molecule has 0 bridgehead atoms. The Morgan fingerprint density at radius 2 is 2.12 bits per heavy atom. The molecule has 0 saturated heterocycles. The molecule has 1 nitrogen and oxygen atoms in total. The van der Waals surface area contributed by atoms with Crippen LogP contribution < -0.4 is 0 Å². The molecule has 2 heteroatoms. The Morgan fingerprint density at radius 1 is 1.50 bits per heavy atom. The van der Waals surface area contributed by atoms with Gasteiger partial charge >= 0.3 is 0 Å². The van der Waals surface area contributed by atoms with Crippen LogP contribution in [0.25, 0.3) is 0 Å². The van der Waals surface area contributed by atoms with Gasteiger partial charge in [0.2, 0.25) is 0 Å². The van der Waals surface area contributed by atoms with Gasteiger partial charge in [0.05, 0.1) is 0 Å². The van der Waals surface area contributed by atoms with Gasteiger partial charge in [0.1, 0.15) is 6.79 Å². The van der Waals surface area contributed by atoms with Crippen LogP contribution in [0.5, 0.6) is 0 Å². The van der Waals surface area contributed by atoms with Gasteiger partial charge in [0.15, 0.2) is 0 Å². The smallest absolute Gasteiger partial charge is 0.106 e. The van der Waals surface area contributed by atoms with Crippen molar-refractivity contribution in [2.45, 2.75) is 6.42 Å². The summed E-state index contributed by atoms with van der Waals surface area (Å²) >= 11 is 0. The van der Waals surface area contributed by atoms with Crippen LogP contribution >= 0.6 is 0 Å². The Hall–Kier alpha value is -0.331. The second-order valence-corrected chi connectivity index (χ2v) is 1.00. The Kier molecular flexibility index (Phi) is 13.0. The number of carbonyl (C=O) groups is 1. The van der Waals surface area contributed by atoms with Crippen molar-refractivity contribution in [3.63, 3.8) is 0 Å². The summed E-state index contributed by atoms with van der Waals surface area (Å²) in [5, 5.41) is 0. The van der Waals surface area contributed by atoms with E-state index < -0.39 is 0 Å². The molecule has 0 fully saturated rings. The molecule has 46 valence electrons. The maximum absolute atomic E-state index is 8.00. The molecule has 0 unspecified atom stereocenters. The fourth-order valence-corrected chi connectivity index (χ4v) is 0.340. The minimum absolute atomic E-state index is 0. The van der Waals surface area contributed by atoms with Crippen LogP contribution in [-0.4, -0.2) is 6.79 Å². The maximum atomic E-state index is 8.00. The van der Waals surface area contributed by atoms with Gasteiger partial charge in [-0.1, -0.05) is 0 Å². The minimum Gasteiger partial charge on any atom is -0.307 e. The summed E-state index contributed by atoms with van der Waals surface area (Å²) in [6.07, 6.45) is 10.0. The van der Waals surface area contributed by atoms with Gasteiger partial charge in [-0.3, -0.25) is 6.08 Å². The number of hydrogen-bond donors (Lipinski definition) is 0. The molecule has 0 aliphatic heterocycles. The Bertz CT molecular complexity index is 76.5. The van der Waals surface area contributed by atoms with Crippen LogP contribution in [0.4, 0.5) is 0 Å². The van der Waals surface area contributed by atoms with E-state index in [0.29, 0.717) is 0 Å². The van der Waals surface area contributed by atoms with Gasteiger partial charge in [-0.15, -0.1) is 6.42 Å².